The summed E-state index contributed by atoms with van der Waals surface area (Å²) in [6, 6.07) is 0.639. The fourth-order valence-electron chi connectivity index (χ4n) is 2.85. The molecule has 0 saturated heterocycles. The van der Waals surface area contributed by atoms with Crippen LogP contribution in [0.25, 0.3) is 0 Å². The lowest BCUT2D eigenvalue weighted by Crippen LogP contribution is -2.37. The zero-order valence-electron chi connectivity index (χ0n) is 9.97. The maximum absolute atomic E-state index is 4.50. The zero-order valence-corrected chi connectivity index (χ0v) is 9.97. The molecule has 2 aliphatic rings. The summed E-state index contributed by atoms with van der Waals surface area (Å²) in [7, 11) is 0. The molecule has 1 heterocycles. The third-order valence-electron chi connectivity index (χ3n) is 3.88. The summed E-state index contributed by atoms with van der Waals surface area (Å²) in [6.07, 6.45) is 11.0. The Bertz CT molecular complexity index is 215. The second-order valence-electron chi connectivity index (χ2n) is 5.12. The van der Waals surface area contributed by atoms with E-state index in [4.69, 9.17) is 0 Å². The molecule has 0 amide bonds. The monoisotopic (exact) mass is 208 g/mol. The van der Waals surface area contributed by atoms with E-state index in [1.807, 2.05) is 0 Å². The van der Waals surface area contributed by atoms with Crippen LogP contribution in [0.3, 0.4) is 0 Å². The minimum Gasteiger partial charge on any atom is -0.371 e. The molecule has 0 aromatic heterocycles. The molecule has 86 valence electrons. The number of aliphatic imine (C=N–C) groups is 1. The second-order valence-corrected chi connectivity index (χ2v) is 5.12. The first-order valence-electron chi connectivity index (χ1n) is 6.66. The quantitative estimate of drug-likeness (QED) is 0.693. The molecule has 1 saturated carbocycles. The van der Waals surface area contributed by atoms with Gasteiger partial charge in [0.1, 0.15) is 0 Å². The number of nitrogens with zero attached hydrogens (tertiary/aromatic N) is 1. The van der Waals surface area contributed by atoms with Crippen molar-refractivity contribution in [1.29, 1.82) is 0 Å². The Kier molecular flexibility index (Phi) is 4.04. The summed E-state index contributed by atoms with van der Waals surface area (Å²) < 4.78 is 0. The molecule has 0 aromatic rings. The maximum Gasteiger partial charge on any atom is 0.0965 e. The van der Waals surface area contributed by atoms with Crippen molar-refractivity contribution in [2.45, 2.75) is 64.3 Å². The van der Waals surface area contributed by atoms with Crippen LogP contribution < -0.4 is 5.32 Å². The molecular weight excluding hydrogens is 184 g/mol. The van der Waals surface area contributed by atoms with Crippen molar-refractivity contribution in [2.24, 2.45) is 10.9 Å². The summed E-state index contributed by atoms with van der Waals surface area (Å²) in [4.78, 5) is 4.50. The van der Waals surface area contributed by atoms with Crippen molar-refractivity contribution in [3.63, 3.8) is 0 Å². The van der Waals surface area contributed by atoms with Crippen LogP contribution in [-0.4, -0.2) is 18.4 Å². The van der Waals surface area contributed by atoms with Gasteiger partial charge in [-0.05, 0) is 32.1 Å². The smallest absolute Gasteiger partial charge is 0.0965 e. The van der Waals surface area contributed by atoms with Gasteiger partial charge in [0, 0.05) is 19.0 Å². The molecule has 15 heavy (non-hydrogen) atoms. The van der Waals surface area contributed by atoms with Crippen LogP contribution in [0.1, 0.15) is 58.3 Å². The highest BCUT2D eigenvalue weighted by molar-refractivity contribution is 5.83. The Morgan fingerprint density at radius 1 is 1.13 bits per heavy atom. The summed E-state index contributed by atoms with van der Waals surface area (Å²) in [5.41, 5.74) is 0. The fraction of sp³-hybridized carbons (Fsp3) is 0.923. The summed E-state index contributed by atoms with van der Waals surface area (Å²) in [5.74, 6) is 2.16. The van der Waals surface area contributed by atoms with Gasteiger partial charge < -0.3 is 5.32 Å². The predicted octanol–water partition coefficient (Wildman–Crippen LogP) is 3.13. The van der Waals surface area contributed by atoms with Gasteiger partial charge in [0.15, 0.2) is 0 Å². The summed E-state index contributed by atoms with van der Waals surface area (Å²) >= 11 is 0. The Morgan fingerprint density at radius 3 is 2.47 bits per heavy atom. The molecule has 1 aliphatic carbocycles. The van der Waals surface area contributed by atoms with E-state index in [2.05, 4.69) is 17.2 Å². The highest BCUT2D eigenvalue weighted by atomic mass is 15.0. The van der Waals surface area contributed by atoms with E-state index in [9.17, 15) is 0 Å². The van der Waals surface area contributed by atoms with Gasteiger partial charge in [-0.25, -0.2) is 0 Å². The van der Waals surface area contributed by atoms with Crippen LogP contribution in [0.15, 0.2) is 4.99 Å². The maximum atomic E-state index is 4.50. The van der Waals surface area contributed by atoms with Crippen molar-refractivity contribution in [1.82, 2.24) is 5.32 Å². The number of hydrogen-bond acceptors (Lipinski definition) is 2. The molecule has 0 unspecified atom stereocenters. The van der Waals surface area contributed by atoms with E-state index in [-0.39, 0.29) is 0 Å². The fourth-order valence-corrected chi connectivity index (χ4v) is 2.85. The van der Waals surface area contributed by atoms with Crippen molar-refractivity contribution >= 4 is 5.84 Å². The predicted molar refractivity (Wildman–Crippen MR) is 65.3 cm³/mol. The van der Waals surface area contributed by atoms with Gasteiger partial charge in [-0.15, -0.1) is 0 Å². The van der Waals surface area contributed by atoms with Crippen LogP contribution in [0.4, 0.5) is 0 Å². The largest absolute Gasteiger partial charge is 0.371 e. The van der Waals surface area contributed by atoms with Gasteiger partial charge in [-0.3, -0.25) is 4.99 Å². The van der Waals surface area contributed by atoms with Crippen molar-refractivity contribution in [3.05, 3.63) is 0 Å². The highest BCUT2D eigenvalue weighted by Gasteiger charge is 2.20. The lowest BCUT2D eigenvalue weighted by atomic mass is 9.93. The Balaban J connectivity index is 1.80. The molecule has 1 aliphatic heterocycles. The molecule has 0 aromatic carbocycles. The molecule has 0 spiro atoms. The molecule has 2 heteroatoms. The molecule has 1 N–H and O–H groups in total. The second kappa shape index (κ2) is 5.53. The minimum atomic E-state index is 0.639. The Hall–Kier alpha value is -0.530. The van der Waals surface area contributed by atoms with Crippen molar-refractivity contribution in [2.75, 3.05) is 6.54 Å². The lowest BCUT2D eigenvalue weighted by Gasteiger charge is -2.24. The van der Waals surface area contributed by atoms with Crippen LogP contribution in [-0.2, 0) is 0 Å². The molecule has 1 atom stereocenters. The van der Waals surface area contributed by atoms with E-state index >= 15 is 0 Å². The highest BCUT2D eigenvalue weighted by Crippen LogP contribution is 2.25. The third kappa shape index (κ3) is 3.22. The van der Waals surface area contributed by atoms with E-state index in [1.54, 1.807) is 0 Å². The number of rotatable bonds is 2. The van der Waals surface area contributed by atoms with Crippen molar-refractivity contribution in [3.8, 4) is 0 Å². The number of amidine groups is 1. The van der Waals surface area contributed by atoms with Gasteiger partial charge in [-0.1, -0.05) is 25.7 Å². The topological polar surface area (TPSA) is 24.4 Å². The third-order valence-corrected chi connectivity index (χ3v) is 3.88. The molecule has 0 radical (unpaired) electrons. The van der Waals surface area contributed by atoms with Gasteiger partial charge >= 0.3 is 0 Å². The van der Waals surface area contributed by atoms with E-state index in [0.717, 1.165) is 12.5 Å². The van der Waals surface area contributed by atoms with E-state index < -0.39 is 0 Å². The minimum absolute atomic E-state index is 0.639. The van der Waals surface area contributed by atoms with E-state index in [1.165, 1.54) is 57.2 Å². The van der Waals surface area contributed by atoms with Crippen molar-refractivity contribution < 1.29 is 0 Å². The van der Waals surface area contributed by atoms with Crippen LogP contribution >= 0.6 is 0 Å². The summed E-state index contributed by atoms with van der Waals surface area (Å²) in [5, 5.41) is 3.63. The van der Waals surface area contributed by atoms with Crippen LogP contribution in [0, 0.1) is 5.92 Å². The van der Waals surface area contributed by atoms with Crippen LogP contribution in [0.5, 0.6) is 0 Å². The molecular formula is C13H24N2. The standard InChI is InChI=1S/C13H24N2/c1-11(15-13-9-6-10-14-13)12-7-4-2-3-5-8-12/h11-12H,2-10H2,1H3,(H,14,15)/t11-/m1/s1. The van der Waals surface area contributed by atoms with Gasteiger partial charge in [-0.2, -0.15) is 0 Å². The van der Waals surface area contributed by atoms with E-state index in [0.29, 0.717) is 6.04 Å². The average Bonchev–Trinajstić information content (AvgIpc) is 2.58. The lowest BCUT2D eigenvalue weighted by molar-refractivity contribution is 0.369. The first-order chi connectivity index (χ1) is 7.36. The van der Waals surface area contributed by atoms with Gasteiger partial charge in [0.25, 0.3) is 0 Å². The molecule has 0 bridgehead atoms. The molecule has 1 fully saturated rings. The Morgan fingerprint density at radius 2 is 1.87 bits per heavy atom. The Labute approximate surface area is 93.6 Å². The SMILES string of the molecule is C[C@@H](NC1=NCCC1)C1CCCCCC1. The molecule has 2 rings (SSSR count). The average molecular weight is 208 g/mol. The number of nitrogens with one attached hydrogen (secondary N) is 1. The first kappa shape index (κ1) is 11.0. The zero-order chi connectivity index (χ0) is 10.5. The molecule has 2 nitrogen and oxygen atoms in total. The number of hydrogen-bond donors (Lipinski definition) is 1. The van der Waals surface area contributed by atoms with Crippen LogP contribution in [0.2, 0.25) is 0 Å². The van der Waals surface area contributed by atoms with Gasteiger partial charge in [0.2, 0.25) is 0 Å². The van der Waals surface area contributed by atoms with Gasteiger partial charge in [0.05, 0.1) is 5.84 Å². The first-order valence-corrected chi connectivity index (χ1v) is 6.66. The normalized spacial score (nSPS) is 25.8. The summed E-state index contributed by atoms with van der Waals surface area (Å²) in [6.45, 7) is 3.39.